The lowest BCUT2D eigenvalue weighted by Gasteiger charge is -2.37. The van der Waals surface area contributed by atoms with E-state index in [4.69, 9.17) is 0 Å². The molecule has 0 aliphatic carbocycles. The Kier molecular flexibility index (Phi) is 4.00. The van der Waals surface area contributed by atoms with Gasteiger partial charge in [-0.3, -0.25) is 0 Å². The number of hydrogen-bond donors (Lipinski definition) is 1. The number of rotatable bonds is 3. The zero-order valence-corrected chi connectivity index (χ0v) is 10.6. The van der Waals surface area contributed by atoms with Crippen LogP contribution in [0.2, 0.25) is 0 Å². The van der Waals surface area contributed by atoms with Gasteiger partial charge in [0.05, 0.1) is 0 Å². The van der Waals surface area contributed by atoms with Crippen molar-refractivity contribution in [2.45, 2.75) is 26.3 Å². The lowest BCUT2D eigenvalue weighted by Crippen LogP contribution is -2.53. The second-order valence-electron chi connectivity index (χ2n) is 4.87. The molecule has 2 unspecified atom stereocenters. The van der Waals surface area contributed by atoms with E-state index in [0.29, 0.717) is 12.0 Å². The van der Waals surface area contributed by atoms with Gasteiger partial charge in [0.15, 0.2) is 0 Å². The van der Waals surface area contributed by atoms with Crippen molar-refractivity contribution in [3.63, 3.8) is 0 Å². The molecular formula is C14H21FN2. The predicted octanol–water partition coefficient (Wildman–Crippen LogP) is 2.65. The molecule has 94 valence electrons. The van der Waals surface area contributed by atoms with Gasteiger partial charge in [0.25, 0.3) is 0 Å². The third-order valence-corrected chi connectivity index (χ3v) is 3.71. The molecule has 0 bridgehead atoms. The lowest BCUT2D eigenvalue weighted by atomic mass is 9.97. The van der Waals surface area contributed by atoms with Crippen molar-refractivity contribution in [3.8, 4) is 0 Å². The minimum Gasteiger partial charge on any atom is -0.369 e. The molecule has 0 spiro atoms. The van der Waals surface area contributed by atoms with Gasteiger partial charge < -0.3 is 10.2 Å². The van der Waals surface area contributed by atoms with Crippen molar-refractivity contribution in [3.05, 3.63) is 30.1 Å². The number of anilines is 1. The van der Waals surface area contributed by atoms with Gasteiger partial charge in [0, 0.05) is 31.4 Å². The third-order valence-electron chi connectivity index (χ3n) is 3.71. The van der Waals surface area contributed by atoms with Crippen molar-refractivity contribution in [2.75, 3.05) is 24.5 Å². The molecule has 1 aromatic rings. The molecule has 1 aliphatic rings. The molecule has 0 aromatic heterocycles. The maximum Gasteiger partial charge on any atom is 0.125 e. The Morgan fingerprint density at radius 2 is 2.35 bits per heavy atom. The first-order valence-electron chi connectivity index (χ1n) is 6.44. The number of benzene rings is 1. The minimum absolute atomic E-state index is 0.152. The fourth-order valence-corrected chi connectivity index (χ4v) is 2.35. The zero-order valence-electron chi connectivity index (χ0n) is 10.6. The first-order chi connectivity index (χ1) is 8.20. The van der Waals surface area contributed by atoms with E-state index in [2.05, 4.69) is 24.1 Å². The maximum atomic E-state index is 13.2. The van der Waals surface area contributed by atoms with Gasteiger partial charge in [-0.15, -0.1) is 0 Å². The summed E-state index contributed by atoms with van der Waals surface area (Å²) in [5, 5.41) is 3.55. The molecule has 1 aliphatic heterocycles. The van der Waals surface area contributed by atoms with Crippen LogP contribution in [-0.2, 0) is 0 Å². The molecule has 2 atom stereocenters. The molecule has 0 radical (unpaired) electrons. The Bertz CT molecular complexity index is 367. The van der Waals surface area contributed by atoms with Gasteiger partial charge in [-0.1, -0.05) is 26.3 Å². The topological polar surface area (TPSA) is 15.3 Å². The van der Waals surface area contributed by atoms with Crippen molar-refractivity contribution in [2.24, 2.45) is 5.92 Å². The molecule has 0 saturated carbocycles. The zero-order chi connectivity index (χ0) is 12.3. The van der Waals surface area contributed by atoms with Crippen LogP contribution < -0.4 is 10.2 Å². The Morgan fingerprint density at radius 3 is 3.06 bits per heavy atom. The molecule has 2 nitrogen and oxygen atoms in total. The van der Waals surface area contributed by atoms with Gasteiger partial charge in [-0.25, -0.2) is 4.39 Å². The normalized spacial score (nSPS) is 22.5. The van der Waals surface area contributed by atoms with Crippen LogP contribution in [0.3, 0.4) is 0 Å². The third kappa shape index (κ3) is 2.97. The molecular weight excluding hydrogens is 215 g/mol. The van der Waals surface area contributed by atoms with E-state index < -0.39 is 0 Å². The SMILES string of the molecule is CCC(C)C1CN(c2cccc(F)c2)CCN1. The Hall–Kier alpha value is -1.09. The summed E-state index contributed by atoms with van der Waals surface area (Å²) in [4.78, 5) is 2.27. The Balaban J connectivity index is 2.07. The number of halogens is 1. The highest BCUT2D eigenvalue weighted by Crippen LogP contribution is 2.20. The second kappa shape index (κ2) is 5.50. The van der Waals surface area contributed by atoms with Gasteiger partial charge in [-0.05, 0) is 24.1 Å². The highest BCUT2D eigenvalue weighted by molar-refractivity contribution is 5.47. The molecule has 2 rings (SSSR count). The summed E-state index contributed by atoms with van der Waals surface area (Å²) in [5.74, 6) is 0.507. The standard InChI is InChI=1S/C14H21FN2/c1-3-11(2)14-10-17(8-7-16-14)13-6-4-5-12(15)9-13/h4-6,9,11,14,16H,3,7-8,10H2,1-2H3. The summed E-state index contributed by atoms with van der Waals surface area (Å²) in [5.41, 5.74) is 1.000. The monoisotopic (exact) mass is 236 g/mol. The van der Waals surface area contributed by atoms with Gasteiger partial charge >= 0.3 is 0 Å². The van der Waals surface area contributed by atoms with Crippen LogP contribution in [0.4, 0.5) is 10.1 Å². The number of piperazine rings is 1. The van der Waals surface area contributed by atoms with Gasteiger partial charge in [-0.2, -0.15) is 0 Å². The quantitative estimate of drug-likeness (QED) is 0.868. The number of nitrogens with zero attached hydrogens (tertiary/aromatic N) is 1. The van der Waals surface area contributed by atoms with E-state index in [9.17, 15) is 4.39 Å². The average Bonchev–Trinajstić information content (AvgIpc) is 2.38. The van der Waals surface area contributed by atoms with Crippen LogP contribution >= 0.6 is 0 Å². The van der Waals surface area contributed by atoms with Crippen molar-refractivity contribution in [1.82, 2.24) is 5.32 Å². The summed E-state index contributed by atoms with van der Waals surface area (Å²) < 4.78 is 13.2. The van der Waals surface area contributed by atoms with Crippen molar-refractivity contribution >= 4 is 5.69 Å². The highest BCUT2D eigenvalue weighted by Gasteiger charge is 2.23. The van der Waals surface area contributed by atoms with Crippen LogP contribution in [0, 0.1) is 11.7 Å². The molecule has 1 aromatic carbocycles. The predicted molar refractivity (Wildman–Crippen MR) is 69.9 cm³/mol. The Labute approximate surface area is 103 Å². The van der Waals surface area contributed by atoms with Crippen molar-refractivity contribution < 1.29 is 4.39 Å². The van der Waals surface area contributed by atoms with E-state index in [1.807, 2.05) is 6.07 Å². The largest absolute Gasteiger partial charge is 0.369 e. The lowest BCUT2D eigenvalue weighted by molar-refractivity contribution is 0.341. The first-order valence-corrected chi connectivity index (χ1v) is 6.44. The van der Waals surface area contributed by atoms with Crippen molar-refractivity contribution in [1.29, 1.82) is 0 Å². The van der Waals surface area contributed by atoms with Gasteiger partial charge in [0.2, 0.25) is 0 Å². The summed E-state index contributed by atoms with van der Waals surface area (Å²) in [6, 6.07) is 7.40. The van der Waals surface area contributed by atoms with E-state index in [1.165, 1.54) is 12.5 Å². The molecule has 17 heavy (non-hydrogen) atoms. The van der Waals surface area contributed by atoms with E-state index in [-0.39, 0.29) is 5.82 Å². The summed E-state index contributed by atoms with van der Waals surface area (Å²) in [6.07, 6.45) is 1.18. The van der Waals surface area contributed by atoms with Crippen LogP contribution in [0.5, 0.6) is 0 Å². The molecule has 1 saturated heterocycles. The smallest absolute Gasteiger partial charge is 0.125 e. The second-order valence-corrected chi connectivity index (χ2v) is 4.87. The highest BCUT2D eigenvalue weighted by atomic mass is 19.1. The fourth-order valence-electron chi connectivity index (χ4n) is 2.35. The van der Waals surface area contributed by atoms with Crippen LogP contribution in [0.25, 0.3) is 0 Å². The maximum absolute atomic E-state index is 13.2. The van der Waals surface area contributed by atoms with Crippen LogP contribution in [0.1, 0.15) is 20.3 Å². The molecule has 3 heteroatoms. The average molecular weight is 236 g/mol. The van der Waals surface area contributed by atoms with E-state index in [0.717, 1.165) is 25.3 Å². The van der Waals surface area contributed by atoms with Crippen LogP contribution in [-0.4, -0.2) is 25.7 Å². The summed E-state index contributed by atoms with van der Waals surface area (Å²) in [6.45, 7) is 7.39. The molecule has 1 fully saturated rings. The van der Waals surface area contributed by atoms with Crippen LogP contribution in [0.15, 0.2) is 24.3 Å². The minimum atomic E-state index is -0.152. The molecule has 0 amide bonds. The Morgan fingerprint density at radius 1 is 1.53 bits per heavy atom. The molecule has 1 heterocycles. The molecule has 1 N–H and O–H groups in total. The summed E-state index contributed by atoms with van der Waals surface area (Å²) >= 11 is 0. The van der Waals surface area contributed by atoms with E-state index in [1.54, 1.807) is 12.1 Å². The number of nitrogens with one attached hydrogen (secondary N) is 1. The van der Waals surface area contributed by atoms with Gasteiger partial charge in [0.1, 0.15) is 5.82 Å². The fraction of sp³-hybridized carbons (Fsp3) is 0.571. The first kappa shape index (κ1) is 12.4. The summed E-state index contributed by atoms with van der Waals surface area (Å²) in [7, 11) is 0. The van der Waals surface area contributed by atoms with E-state index >= 15 is 0 Å². The number of hydrogen-bond acceptors (Lipinski definition) is 2.